The first kappa shape index (κ1) is 7.98. The number of aliphatic hydroxyl groups excluding tert-OH is 1. The van der Waals surface area contributed by atoms with Gasteiger partial charge in [-0.1, -0.05) is 6.92 Å². The summed E-state index contributed by atoms with van der Waals surface area (Å²) >= 11 is 0. The van der Waals surface area contributed by atoms with E-state index in [0.717, 1.165) is 19.5 Å². The van der Waals surface area contributed by atoms with Crippen LogP contribution in [0.3, 0.4) is 0 Å². The van der Waals surface area contributed by atoms with Gasteiger partial charge in [-0.15, -0.1) is 0 Å². The van der Waals surface area contributed by atoms with Crippen LogP contribution in [0.2, 0.25) is 0 Å². The molecule has 1 aliphatic rings. The fraction of sp³-hybridized carbons (Fsp3) is 1.00. The van der Waals surface area contributed by atoms with Crippen LogP contribution in [0.1, 0.15) is 13.3 Å². The van der Waals surface area contributed by atoms with Crippen molar-refractivity contribution in [1.82, 2.24) is 5.32 Å². The lowest BCUT2D eigenvalue weighted by Gasteiger charge is -2.07. The molecule has 1 saturated heterocycles. The molecule has 2 N–H and O–H groups in total. The van der Waals surface area contributed by atoms with Crippen LogP contribution in [0.25, 0.3) is 0 Å². The van der Waals surface area contributed by atoms with Crippen molar-refractivity contribution in [3.05, 3.63) is 0 Å². The third kappa shape index (κ3) is 2.25. The van der Waals surface area contributed by atoms with E-state index in [-0.39, 0.29) is 12.2 Å². The Bertz CT molecular complexity index is 97.6. The second-order valence-corrected chi connectivity index (χ2v) is 2.65. The molecule has 0 radical (unpaired) electrons. The highest BCUT2D eigenvalue weighted by Crippen LogP contribution is 2.11. The number of ether oxygens (including phenoxy) is 1. The molecule has 3 nitrogen and oxygen atoms in total. The number of nitrogens with one attached hydrogen (secondary N) is 1. The largest absolute Gasteiger partial charge is 0.391 e. The van der Waals surface area contributed by atoms with Crippen LogP contribution in [-0.2, 0) is 4.74 Å². The zero-order chi connectivity index (χ0) is 7.40. The monoisotopic (exact) mass is 145 g/mol. The molecule has 0 aromatic rings. The summed E-state index contributed by atoms with van der Waals surface area (Å²) < 4.78 is 5.25. The van der Waals surface area contributed by atoms with Gasteiger partial charge in [0.15, 0.2) is 0 Å². The summed E-state index contributed by atoms with van der Waals surface area (Å²) in [5, 5.41) is 12.2. The lowest BCUT2D eigenvalue weighted by molar-refractivity contribution is 0.0886. The van der Waals surface area contributed by atoms with Gasteiger partial charge in [0.1, 0.15) is 0 Å². The van der Waals surface area contributed by atoms with Crippen LogP contribution in [0.5, 0.6) is 0 Å². The predicted octanol–water partition coefficient (Wildman–Crippen LogP) is -0.254. The molecule has 1 heterocycles. The highest BCUT2D eigenvalue weighted by molar-refractivity contribution is 4.73. The Morgan fingerprint density at radius 3 is 3.00 bits per heavy atom. The summed E-state index contributed by atoms with van der Waals surface area (Å²) in [6.07, 6.45) is 0.783. The molecule has 0 saturated carbocycles. The fourth-order valence-corrected chi connectivity index (χ4v) is 1.13. The normalized spacial score (nSPS) is 33.0. The molecule has 10 heavy (non-hydrogen) atoms. The SMILES string of the molecule is CCNCC1CC(O)CO1. The second-order valence-electron chi connectivity index (χ2n) is 2.65. The third-order valence-corrected chi connectivity index (χ3v) is 1.68. The molecule has 60 valence electrons. The van der Waals surface area contributed by atoms with Crippen LogP contribution in [0, 0.1) is 0 Å². The number of rotatable bonds is 3. The molecule has 2 unspecified atom stereocenters. The van der Waals surface area contributed by atoms with Gasteiger partial charge in [0.2, 0.25) is 0 Å². The van der Waals surface area contributed by atoms with Crippen molar-refractivity contribution in [2.24, 2.45) is 0 Å². The molecule has 0 aliphatic carbocycles. The molecular formula is C7H15NO2. The topological polar surface area (TPSA) is 41.5 Å². The highest BCUT2D eigenvalue weighted by atomic mass is 16.5. The fourth-order valence-electron chi connectivity index (χ4n) is 1.13. The zero-order valence-electron chi connectivity index (χ0n) is 6.34. The predicted molar refractivity (Wildman–Crippen MR) is 38.9 cm³/mol. The average molecular weight is 145 g/mol. The molecule has 0 spiro atoms. The third-order valence-electron chi connectivity index (χ3n) is 1.68. The zero-order valence-corrected chi connectivity index (χ0v) is 6.34. The summed E-state index contributed by atoms with van der Waals surface area (Å²) in [6.45, 7) is 4.41. The summed E-state index contributed by atoms with van der Waals surface area (Å²) in [7, 11) is 0. The van der Waals surface area contributed by atoms with Gasteiger partial charge in [0.25, 0.3) is 0 Å². The van der Waals surface area contributed by atoms with Gasteiger partial charge in [-0.25, -0.2) is 0 Å². The van der Waals surface area contributed by atoms with Crippen LogP contribution >= 0.6 is 0 Å². The lowest BCUT2D eigenvalue weighted by Crippen LogP contribution is -2.26. The maximum atomic E-state index is 9.05. The minimum atomic E-state index is -0.233. The van der Waals surface area contributed by atoms with Crippen LogP contribution in [-0.4, -0.2) is 37.0 Å². The van der Waals surface area contributed by atoms with Crippen LogP contribution < -0.4 is 5.32 Å². The minimum Gasteiger partial charge on any atom is -0.391 e. The number of hydrogen-bond acceptors (Lipinski definition) is 3. The van der Waals surface area contributed by atoms with E-state index in [1.54, 1.807) is 0 Å². The second kappa shape index (κ2) is 3.91. The van der Waals surface area contributed by atoms with Gasteiger partial charge in [-0.2, -0.15) is 0 Å². The molecule has 1 aliphatic heterocycles. The molecule has 3 heteroatoms. The first-order valence-electron chi connectivity index (χ1n) is 3.83. The molecule has 1 fully saturated rings. The van der Waals surface area contributed by atoms with E-state index < -0.39 is 0 Å². The van der Waals surface area contributed by atoms with E-state index in [4.69, 9.17) is 9.84 Å². The summed E-state index contributed by atoms with van der Waals surface area (Å²) in [5.41, 5.74) is 0. The molecule has 2 atom stereocenters. The van der Waals surface area contributed by atoms with Gasteiger partial charge in [-0.3, -0.25) is 0 Å². The Labute approximate surface area is 61.4 Å². The number of hydrogen-bond donors (Lipinski definition) is 2. The minimum absolute atomic E-state index is 0.231. The maximum absolute atomic E-state index is 9.05. The maximum Gasteiger partial charge on any atom is 0.0799 e. The Morgan fingerprint density at radius 1 is 1.70 bits per heavy atom. The van der Waals surface area contributed by atoms with E-state index in [1.165, 1.54) is 0 Å². The Morgan fingerprint density at radius 2 is 2.50 bits per heavy atom. The standard InChI is InChI=1S/C7H15NO2/c1-2-8-4-7-3-6(9)5-10-7/h6-9H,2-5H2,1H3. The molecule has 0 aromatic heterocycles. The van der Waals surface area contributed by atoms with E-state index in [9.17, 15) is 0 Å². The van der Waals surface area contributed by atoms with Gasteiger partial charge >= 0.3 is 0 Å². The van der Waals surface area contributed by atoms with E-state index >= 15 is 0 Å². The quantitative estimate of drug-likeness (QED) is 0.575. The Kier molecular flexibility index (Phi) is 3.12. The van der Waals surface area contributed by atoms with Gasteiger partial charge in [-0.05, 0) is 6.54 Å². The smallest absolute Gasteiger partial charge is 0.0799 e. The molecular weight excluding hydrogens is 130 g/mol. The summed E-state index contributed by atoms with van der Waals surface area (Å²) in [5.74, 6) is 0. The van der Waals surface area contributed by atoms with Gasteiger partial charge in [0, 0.05) is 13.0 Å². The molecule has 0 bridgehead atoms. The lowest BCUT2D eigenvalue weighted by atomic mass is 10.2. The summed E-state index contributed by atoms with van der Waals surface area (Å²) in [6, 6.07) is 0. The molecule has 1 rings (SSSR count). The molecule has 0 amide bonds. The first-order valence-corrected chi connectivity index (χ1v) is 3.83. The van der Waals surface area contributed by atoms with Crippen molar-refractivity contribution in [2.75, 3.05) is 19.7 Å². The van der Waals surface area contributed by atoms with Crippen LogP contribution in [0.4, 0.5) is 0 Å². The Balaban J connectivity index is 2.06. The van der Waals surface area contributed by atoms with E-state index in [2.05, 4.69) is 12.2 Å². The van der Waals surface area contributed by atoms with Crippen molar-refractivity contribution < 1.29 is 9.84 Å². The van der Waals surface area contributed by atoms with Crippen molar-refractivity contribution >= 4 is 0 Å². The van der Waals surface area contributed by atoms with Crippen molar-refractivity contribution in [3.63, 3.8) is 0 Å². The van der Waals surface area contributed by atoms with Crippen molar-refractivity contribution in [3.8, 4) is 0 Å². The Hall–Kier alpha value is -0.120. The van der Waals surface area contributed by atoms with E-state index in [1.807, 2.05) is 0 Å². The number of likely N-dealkylation sites (N-methyl/N-ethyl adjacent to an activating group) is 1. The average Bonchev–Trinajstić information content (AvgIpc) is 2.31. The van der Waals surface area contributed by atoms with Crippen LogP contribution in [0.15, 0.2) is 0 Å². The van der Waals surface area contributed by atoms with Gasteiger partial charge < -0.3 is 15.2 Å². The summed E-state index contributed by atoms with van der Waals surface area (Å²) in [4.78, 5) is 0. The molecule has 0 aromatic carbocycles. The van der Waals surface area contributed by atoms with Crippen molar-refractivity contribution in [1.29, 1.82) is 0 Å². The highest BCUT2D eigenvalue weighted by Gasteiger charge is 2.22. The number of aliphatic hydroxyl groups is 1. The first-order chi connectivity index (χ1) is 4.83. The van der Waals surface area contributed by atoms with Gasteiger partial charge in [0.05, 0.1) is 18.8 Å². The van der Waals surface area contributed by atoms with E-state index in [0.29, 0.717) is 6.61 Å². The van der Waals surface area contributed by atoms with Crippen molar-refractivity contribution in [2.45, 2.75) is 25.6 Å².